The maximum atomic E-state index is 12.5. The number of hydrogen-bond acceptors (Lipinski definition) is 5. The van der Waals surface area contributed by atoms with Gasteiger partial charge in [-0.15, -0.1) is 0 Å². The highest BCUT2D eigenvalue weighted by Crippen LogP contribution is 2.63. The molecule has 4 aliphatic rings. The number of ether oxygens (including phenoxy) is 2. The van der Waals surface area contributed by atoms with Crippen LogP contribution >= 0.6 is 0 Å². The molecule has 6 nitrogen and oxygen atoms in total. The lowest BCUT2D eigenvalue weighted by Gasteiger charge is -2.48. The van der Waals surface area contributed by atoms with Gasteiger partial charge in [-0.25, -0.2) is 0 Å². The molecule has 0 radical (unpaired) electrons. The van der Waals surface area contributed by atoms with Crippen LogP contribution in [0.1, 0.15) is 170 Å². The molecule has 1 saturated carbocycles. The number of aromatic nitrogens is 1. The molecular weight excluding hydrogens is 603 g/mol. The minimum Gasteiger partial charge on any atom is -0.481 e. The van der Waals surface area contributed by atoms with Gasteiger partial charge in [0, 0.05) is 36.2 Å². The molecule has 1 N–H and O–H groups in total. The molecule has 2 aliphatic carbocycles. The van der Waals surface area contributed by atoms with Crippen LogP contribution in [0.15, 0.2) is 24.3 Å². The minimum atomic E-state index is -2.21. The van der Waals surface area contributed by atoms with E-state index in [2.05, 4.69) is 92.7 Å². The molecule has 258 valence electrons. The number of carboxylic acid groups (broad SMARTS) is 1. The summed E-state index contributed by atoms with van der Waals surface area (Å²) in [5.41, 5.74) is 7.65. The van der Waals surface area contributed by atoms with Crippen LogP contribution in [0.25, 0.3) is 0 Å². The van der Waals surface area contributed by atoms with E-state index in [-0.39, 0.29) is 46.3 Å². The summed E-state index contributed by atoms with van der Waals surface area (Å²) in [7, 11) is -2.21. The number of rotatable bonds is 6. The van der Waals surface area contributed by atoms with Gasteiger partial charge in [0.15, 0.2) is 8.32 Å². The molecular formula is C40H59NO5Si. The number of hydrogen-bond donors (Lipinski definition) is 1. The van der Waals surface area contributed by atoms with E-state index in [0.717, 1.165) is 69.5 Å². The zero-order valence-electron chi connectivity index (χ0n) is 30.7. The van der Waals surface area contributed by atoms with Crippen LogP contribution in [-0.2, 0) is 29.7 Å². The first-order valence-electron chi connectivity index (χ1n) is 18.2. The Morgan fingerprint density at radius 1 is 0.979 bits per heavy atom. The SMILES string of the molecule is CC(C)(C)c1ccc([C@H]2OC3(CCCC3)c3c2c(C2CCOCC2)nc2c3[C@@H](O[Si](C)(C)C(C)(C)C)CC(C)(C)[C@H]2CC(=O)O)cc1. The van der Waals surface area contributed by atoms with Crippen LogP contribution in [0.3, 0.4) is 0 Å². The van der Waals surface area contributed by atoms with Crippen molar-refractivity contribution in [2.24, 2.45) is 5.41 Å². The molecule has 1 aromatic carbocycles. The first kappa shape index (κ1) is 34.8. The predicted molar refractivity (Wildman–Crippen MR) is 190 cm³/mol. The second kappa shape index (κ2) is 12.1. The number of aliphatic carboxylic acids is 1. The third kappa shape index (κ3) is 6.28. The Bertz CT molecular complexity index is 1490. The van der Waals surface area contributed by atoms with Crippen LogP contribution in [0.5, 0.6) is 0 Å². The highest BCUT2D eigenvalue weighted by molar-refractivity contribution is 6.74. The van der Waals surface area contributed by atoms with Gasteiger partial charge in [-0.3, -0.25) is 9.78 Å². The van der Waals surface area contributed by atoms with E-state index in [0.29, 0.717) is 0 Å². The van der Waals surface area contributed by atoms with Gasteiger partial charge < -0.3 is 19.0 Å². The maximum absolute atomic E-state index is 12.5. The summed E-state index contributed by atoms with van der Waals surface area (Å²) in [5, 5.41) is 10.3. The Labute approximate surface area is 284 Å². The van der Waals surface area contributed by atoms with Crippen LogP contribution in [0, 0.1) is 5.41 Å². The van der Waals surface area contributed by atoms with E-state index < -0.39 is 19.9 Å². The fourth-order valence-corrected chi connectivity index (χ4v) is 9.87. The number of pyridine rings is 1. The molecule has 0 bridgehead atoms. The third-order valence-corrected chi connectivity index (χ3v) is 16.9. The van der Waals surface area contributed by atoms with E-state index in [4.69, 9.17) is 18.9 Å². The molecule has 0 unspecified atom stereocenters. The number of fused-ring (bicyclic) bond motifs is 4. The van der Waals surface area contributed by atoms with Gasteiger partial charge in [0.1, 0.15) is 6.10 Å². The summed E-state index contributed by atoms with van der Waals surface area (Å²) in [6.07, 6.45) is 6.49. The van der Waals surface area contributed by atoms with Crippen molar-refractivity contribution in [2.45, 2.75) is 160 Å². The predicted octanol–water partition coefficient (Wildman–Crippen LogP) is 10.2. The number of carboxylic acids is 1. The van der Waals surface area contributed by atoms with Gasteiger partial charge >= 0.3 is 5.97 Å². The fourth-order valence-electron chi connectivity index (χ4n) is 8.60. The van der Waals surface area contributed by atoms with Crippen molar-refractivity contribution < 1.29 is 23.8 Å². The molecule has 6 rings (SSSR count). The first-order chi connectivity index (χ1) is 21.8. The zero-order valence-corrected chi connectivity index (χ0v) is 31.7. The standard InChI is InChI=1S/C40H59NO5Si/c1-37(2,3)27-15-13-26(14-16-27)36-32-33(40(45-36)19-11-12-20-40)31-29(46-47(9,10)38(4,5)6)24-39(7,8)28(23-30(42)43)35(31)41-34(32)25-17-21-44-22-18-25/h13-16,25,28-29,36H,11-12,17-24H2,1-10H3,(H,42,43)/t28-,29-,36+/m0/s1. The van der Waals surface area contributed by atoms with Crippen molar-refractivity contribution in [2.75, 3.05) is 13.2 Å². The summed E-state index contributed by atoms with van der Waals surface area (Å²) in [6.45, 7) is 24.3. The second-order valence-electron chi connectivity index (χ2n) is 18.3. The monoisotopic (exact) mass is 661 g/mol. The molecule has 47 heavy (non-hydrogen) atoms. The zero-order chi connectivity index (χ0) is 34.2. The molecule has 7 heteroatoms. The van der Waals surface area contributed by atoms with Gasteiger partial charge in [-0.2, -0.15) is 0 Å². The normalized spacial score (nSPS) is 26.0. The van der Waals surface area contributed by atoms with Crippen molar-refractivity contribution >= 4 is 14.3 Å². The summed E-state index contributed by atoms with van der Waals surface area (Å²) < 4.78 is 20.8. The number of nitrogens with zero attached hydrogens (tertiary/aromatic N) is 1. The lowest BCUT2D eigenvalue weighted by atomic mass is 9.63. The lowest BCUT2D eigenvalue weighted by molar-refractivity contribution is -0.138. The average Bonchev–Trinajstić information content (AvgIpc) is 3.58. The van der Waals surface area contributed by atoms with Crippen molar-refractivity contribution in [1.82, 2.24) is 4.98 Å². The molecule has 1 saturated heterocycles. The van der Waals surface area contributed by atoms with Crippen LogP contribution in [-0.4, -0.2) is 37.6 Å². The molecule has 2 aliphatic heterocycles. The summed E-state index contributed by atoms with van der Waals surface area (Å²) in [6, 6.07) is 9.09. The molecule has 1 spiro atoms. The van der Waals surface area contributed by atoms with Crippen molar-refractivity contribution in [3.05, 3.63) is 63.5 Å². The Hall–Kier alpha value is -2.06. The fraction of sp³-hybridized carbons (Fsp3) is 0.700. The van der Waals surface area contributed by atoms with Gasteiger partial charge in [0.05, 0.1) is 29.5 Å². The smallest absolute Gasteiger partial charge is 0.304 e. The Kier molecular flexibility index (Phi) is 8.93. The van der Waals surface area contributed by atoms with E-state index in [9.17, 15) is 9.90 Å². The topological polar surface area (TPSA) is 77.9 Å². The van der Waals surface area contributed by atoms with E-state index in [1.165, 1.54) is 27.8 Å². The Balaban J connectivity index is 1.65. The molecule has 3 atom stereocenters. The molecule has 3 heterocycles. The van der Waals surface area contributed by atoms with Gasteiger partial charge in [-0.05, 0) is 77.8 Å². The Morgan fingerprint density at radius 3 is 2.15 bits per heavy atom. The molecule has 2 aromatic rings. The third-order valence-electron chi connectivity index (χ3n) is 12.4. The van der Waals surface area contributed by atoms with E-state index >= 15 is 0 Å². The van der Waals surface area contributed by atoms with Crippen molar-refractivity contribution in [1.29, 1.82) is 0 Å². The summed E-state index contributed by atoms with van der Waals surface area (Å²) in [4.78, 5) is 18.2. The van der Waals surface area contributed by atoms with Crippen molar-refractivity contribution in [3.63, 3.8) is 0 Å². The summed E-state index contributed by atoms with van der Waals surface area (Å²) >= 11 is 0. The number of carbonyl (C=O) groups is 1. The van der Waals surface area contributed by atoms with Crippen molar-refractivity contribution in [3.8, 4) is 0 Å². The second-order valence-corrected chi connectivity index (χ2v) is 23.0. The van der Waals surface area contributed by atoms with E-state index in [1.807, 2.05) is 0 Å². The van der Waals surface area contributed by atoms with Crippen LogP contribution in [0.2, 0.25) is 18.1 Å². The van der Waals surface area contributed by atoms with Gasteiger partial charge in [0.2, 0.25) is 0 Å². The van der Waals surface area contributed by atoms with E-state index in [1.54, 1.807) is 0 Å². The molecule has 1 aromatic heterocycles. The van der Waals surface area contributed by atoms with Crippen LogP contribution < -0.4 is 0 Å². The highest BCUT2D eigenvalue weighted by atomic mass is 28.4. The highest BCUT2D eigenvalue weighted by Gasteiger charge is 2.56. The molecule has 2 fully saturated rings. The summed E-state index contributed by atoms with van der Waals surface area (Å²) in [5.74, 6) is -0.729. The average molecular weight is 662 g/mol. The molecule has 0 amide bonds. The van der Waals surface area contributed by atoms with Gasteiger partial charge in [-0.1, -0.05) is 92.5 Å². The quantitative estimate of drug-likeness (QED) is 0.311. The van der Waals surface area contributed by atoms with Crippen LogP contribution in [0.4, 0.5) is 0 Å². The lowest BCUT2D eigenvalue weighted by Crippen LogP contribution is -2.45. The maximum Gasteiger partial charge on any atom is 0.304 e. The Morgan fingerprint density at radius 2 is 1.60 bits per heavy atom. The largest absolute Gasteiger partial charge is 0.481 e. The van der Waals surface area contributed by atoms with Gasteiger partial charge in [0.25, 0.3) is 0 Å². The number of benzene rings is 1. The minimum absolute atomic E-state index is 0.0345. The first-order valence-corrected chi connectivity index (χ1v) is 21.1.